The van der Waals surface area contributed by atoms with Gasteiger partial charge in [-0.1, -0.05) is 12.1 Å². The summed E-state index contributed by atoms with van der Waals surface area (Å²) in [6.07, 6.45) is 0. The number of hydrogen-bond acceptors (Lipinski definition) is 5. The van der Waals surface area contributed by atoms with E-state index in [1.807, 2.05) is 20.8 Å². The molecule has 0 aliphatic carbocycles. The van der Waals surface area contributed by atoms with E-state index < -0.39 is 0 Å². The fourth-order valence-corrected chi connectivity index (χ4v) is 1.43. The van der Waals surface area contributed by atoms with E-state index in [-0.39, 0.29) is 29.5 Å². The molecule has 17 heavy (non-hydrogen) atoms. The lowest BCUT2D eigenvalue weighted by Crippen LogP contribution is -2.48. The third-order valence-electron chi connectivity index (χ3n) is 2.29. The number of aromatic nitrogens is 1. The van der Waals surface area contributed by atoms with Gasteiger partial charge in [0.1, 0.15) is 6.61 Å². The van der Waals surface area contributed by atoms with Crippen LogP contribution < -0.4 is 10.6 Å². The molecule has 0 spiro atoms. The zero-order chi connectivity index (χ0) is 12.9. The molecule has 0 aliphatic heterocycles. The topological polar surface area (TPSA) is 87.4 Å². The summed E-state index contributed by atoms with van der Waals surface area (Å²) in [5.74, 6) is -0.0273. The summed E-state index contributed by atoms with van der Waals surface area (Å²) in [5, 5.41) is 18.4. The summed E-state index contributed by atoms with van der Waals surface area (Å²) in [6.45, 7) is 7.07. The minimum absolute atomic E-state index is 0.173. The molecule has 6 heteroatoms. The van der Waals surface area contributed by atoms with Crippen LogP contribution in [0.25, 0.3) is 0 Å². The Balaban J connectivity index is 2.49. The van der Waals surface area contributed by atoms with Crippen molar-refractivity contribution in [1.29, 1.82) is 0 Å². The van der Waals surface area contributed by atoms with Gasteiger partial charge in [-0.25, -0.2) is 0 Å². The molecule has 0 saturated heterocycles. The second-order valence-corrected chi connectivity index (χ2v) is 4.43. The zero-order valence-corrected chi connectivity index (χ0v) is 10.4. The number of carbonyl (C=O) groups excluding carboxylic acids is 1. The van der Waals surface area contributed by atoms with E-state index in [0.29, 0.717) is 6.54 Å². The van der Waals surface area contributed by atoms with Gasteiger partial charge in [0.05, 0.1) is 0 Å². The van der Waals surface area contributed by atoms with Crippen LogP contribution in [0.4, 0.5) is 0 Å². The number of nitrogens with zero attached hydrogens (tertiary/aromatic N) is 1. The monoisotopic (exact) mass is 241 g/mol. The van der Waals surface area contributed by atoms with Gasteiger partial charge >= 0.3 is 0 Å². The molecule has 96 valence electrons. The number of rotatable bonds is 6. The molecule has 0 saturated carbocycles. The van der Waals surface area contributed by atoms with Crippen LogP contribution in [0.3, 0.4) is 0 Å². The maximum absolute atomic E-state index is 11.7. The molecular formula is C11H19N3O3. The largest absolute Gasteiger partial charge is 0.388 e. The van der Waals surface area contributed by atoms with Crippen molar-refractivity contribution in [3.63, 3.8) is 0 Å². The van der Waals surface area contributed by atoms with Gasteiger partial charge in [0.2, 0.25) is 0 Å². The molecule has 6 nitrogen and oxygen atoms in total. The Morgan fingerprint density at radius 2 is 2.29 bits per heavy atom. The number of carbonyl (C=O) groups is 1. The van der Waals surface area contributed by atoms with Gasteiger partial charge in [-0.2, -0.15) is 0 Å². The molecule has 3 N–H and O–H groups in total. The number of aliphatic hydroxyl groups excluding tert-OH is 1. The Bertz CT molecular complexity index is 374. The lowest BCUT2D eigenvalue weighted by molar-refractivity contribution is 0.0933. The van der Waals surface area contributed by atoms with Gasteiger partial charge in [0.25, 0.3) is 5.91 Å². The number of amides is 1. The standard InChI is InChI=1S/C11H19N3O3/c1-4-13-11(2,3)7-12-10(16)9-5-8(6-15)17-14-9/h5,13,15H,4,6-7H2,1-3H3,(H,12,16). The lowest BCUT2D eigenvalue weighted by atomic mass is 10.1. The maximum atomic E-state index is 11.7. The second-order valence-electron chi connectivity index (χ2n) is 4.43. The third-order valence-corrected chi connectivity index (χ3v) is 2.29. The van der Waals surface area contributed by atoms with Crippen molar-refractivity contribution in [3.8, 4) is 0 Å². The number of aliphatic hydroxyl groups is 1. The highest BCUT2D eigenvalue weighted by molar-refractivity contribution is 5.92. The SMILES string of the molecule is CCNC(C)(C)CNC(=O)c1cc(CO)on1. The number of likely N-dealkylation sites (N-methyl/N-ethyl adjacent to an activating group) is 1. The Morgan fingerprint density at radius 1 is 1.59 bits per heavy atom. The first kappa shape index (κ1) is 13.7. The third kappa shape index (κ3) is 4.16. The molecule has 1 rings (SSSR count). The van der Waals surface area contributed by atoms with Crippen LogP contribution in [-0.2, 0) is 6.61 Å². The Hall–Kier alpha value is -1.40. The van der Waals surface area contributed by atoms with E-state index in [4.69, 9.17) is 9.63 Å². The summed E-state index contributed by atoms with van der Waals surface area (Å²) < 4.78 is 4.74. The molecular weight excluding hydrogens is 222 g/mol. The molecule has 1 aromatic heterocycles. The highest BCUT2D eigenvalue weighted by atomic mass is 16.5. The molecule has 0 radical (unpaired) electrons. The van der Waals surface area contributed by atoms with E-state index >= 15 is 0 Å². The molecule has 0 unspecified atom stereocenters. The maximum Gasteiger partial charge on any atom is 0.273 e. The molecule has 0 fully saturated rings. The summed E-state index contributed by atoms with van der Waals surface area (Å²) in [5.41, 5.74) is 0.00914. The number of nitrogens with one attached hydrogen (secondary N) is 2. The molecule has 0 atom stereocenters. The van der Waals surface area contributed by atoms with E-state index in [0.717, 1.165) is 6.54 Å². The van der Waals surface area contributed by atoms with Crippen molar-refractivity contribution in [2.24, 2.45) is 0 Å². The van der Waals surface area contributed by atoms with Crippen molar-refractivity contribution in [2.75, 3.05) is 13.1 Å². The van der Waals surface area contributed by atoms with Crippen LogP contribution in [0.15, 0.2) is 10.6 Å². The normalized spacial score (nSPS) is 11.5. The van der Waals surface area contributed by atoms with Crippen LogP contribution in [0.1, 0.15) is 37.0 Å². The number of hydrogen-bond donors (Lipinski definition) is 3. The van der Waals surface area contributed by atoms with Crippen LogP contribution in [0.5, 0.6) is 0 Å². The first-order valence-corrected chi connectivity index (χ1v) is 5.58. The minimum Gasteiger partial charge on any atom is -0.388 e. The second kappa shape index (κ2) is 5.79. The Labute approximate surface area is 100 Å². The minimum atomic E-state index is -0.306. The summed E-state index contributed by atoms with van der Waals surface area (Å²) in [4.78, 5) is 11.7. The van der Waals surface area contributed by atoms with Gasteiger partial charge < -0.3 is 20.3 Å². The van der Waals surface area contributed by atoms with Gasteiger partial charge in [-0.3, -0.25) is 4.79 Å². The summed E-state index contributed by atoms with van der Waals surface area (Å²) in [6, 6.07) is 1.43. The quantitative estimate of drug-likeness (QED) is 0.666. The van der Waals surface area contributed by atoms with E-state index in [2.05, 4.69) is 15.8 Å². The van der Waals surface area contributed by atoms with Crippen molar-refractivity contribution in [3.05, 3.63) is 17.5 Å². The van der Waals surface area contributed by atoms with E-state index in [1.165, 1.54) is 6.07 Å². The first-order chi connectivity index (χ1) is 7.98. The van der Waals surface area contributed by atoms with Gasteiger partial charge in [0.15, 0.2) is 11.5 Å². The molecule has 0 bridgehead atoms. The van der Waals surface area contributed by atoms with Crippen LogP contribution in [-0.4, -0.2) is 34.8 Å². The predicted octanol–water partition coefficient (Wildman–Crippen LogP) is 0.285. The van der Waals surface area contributed by atoms with Crippen molar-refractivity contribution >= 4 is 5.91 Å². The molecule has 1 heterocycles. The smallest absolute Gasteiger partial charge is 0.273 e. The molecule has 0 aromatic carbocycles. The Kier molecular flexibility index (Phi) is 4.65. The molecule has 0 aliphatic rings. The van der Waals surface area contributed by atoms with Crippen LogP contribution in [0.2, 0.25) is 0 Å². The van der Waals surface area contributed by atoms with Gasteiger partial charge in [-0.15, -0.1) is 0 Å². The average Bonchev–Trinajstić information content (AvgIpc) is 2.74. The van der Waals surface area contributed by atoms with Gasteiger partial charge in [-0.05, 0) is 20.4 Å². The van der Waals surface area contributed by atoms with E-state index in [9.17, 15) is 4.79 Å². The first-order valence-electron chi connectivity index (χ1n) is 5.58. The van der Waals surface area contributed by atoms with Crippen molar-refractivity contribution in [2.45, 2.75) is 32.9 Å². The molecule has 1 amide bonds. The fourth-order valence-electron chi connectivity index (χ4n) is 1.43. The van der Waals surface area contributed by atoms with E-state index in [1.54, 1.807) is 0 Å². The van der Waals surface area contributed by atoms with Crippen molar-refractivity contribution < 1.29 is 14.4 Å². The van der Waals surface area contributed by atoms with Gasteiger partial charge in [0, 0.05) is 18.2 Å². The fraction of sp³-hybridized carbons (Fsp3) is 0.636. The average molecular weight is 241 g/mol. The molecule has 1 aromatic rings. The van der Waals surface area contributed by atoms with Crippen molar-refractivity contribution in [1.82, 2.24) is 15.8 Å². The lowest BCUT2D eigenvalue weighted by Gasteiger charge is -2.25. The summed E-state index contributed by atoms with van der Waals surface area (Å²) in [7, 11) is 0. The predicted molar refractivity (Wildman–Crippen MR) is 62.5 cm³/mol. The highest BCUT2D eigenvalue weighted by Gasteiger charge is 2.19. The zero-order valence-electron chi connectivity index (χ0n) is 10.4. The highest BCUT2D eigenvalue weighted by Crippen LogP contribution is 2.04. The van der Waals surface area contributed by atoms with Crippen LogP contribution in [0, 0.1) is 0 Å². The summed E-state index contributed by atoms with van der Waals surface area (Å²) >= 11 is 0. The Morgan fingerprint density at radius 3 is 2.82 bits per heavy atom. The van der Waals surface area contributed by atoms with Crippen LogP contribution >= 0.6 is 0 Å².